The first kappa shape index (κ1) is 16.5. The number of benzene rings is 1. The first-order chi connectivity index (χ1) is 10.7. The van der Waals surface area contributed by atoms with Crippen LogP contribution in [0.15, 0.2) is 24.3 Å². The summed E-state index contributed by atoms with van der Waals surface area (Å²) in [5, 5.41) is 2.87. The second-order valence-corrected chi connectivity index (χ2v) is 5.42. The number of amides is 2. The Morgan fingerprint density at radius 1 is 1.32 bits per heavy atom. The normalized spacial score (nSPS) is 14.4. The van der Waals surface area contributed by atoms with Crippen LogP contribution >= 0.6 is 0 Å². The van der Waals surface area contributed by atoms with E-state index in [-0.39, 0.29) is 11.8 Å². The summed E-state index contributed by atoms with van der Waals surface area (Å²) in [6.07, 6.45) is 2.41. The SMILES string of the molecule is CCOCCCNC(=O)c1ccc(CN2CCCC2=O)cc1. The first-order valence-corrected chi connectivity index (χ1v) is 7.93. The Bertz CT molecular complexity index is 499. The lowest BCUT2D eigenvalue weighted by molar-refractivity contribution is -0.128. The van der Waals surface area contributed by atoms with Crippen LogP contribution in [0, 0.1) is 0 Å². The zero-order chi connectivity index (χ0) is 15.8. The van der Waals surface area contributed by atoms with Crippen LogP contribution in [0.25, 0.3) is 0 Å². The highest BCUT2D eigenvalue weighted by Gasteiger charge is 2.19. The third-order valence-corrected chi connectivity index (χ3v) is 3.72. The van der Waals surface area contributed by atoms with Crippen LogP contribution < -0.4 is 5.32 Å². The standard InChI is InChI=1S/C17H24N2O3/c1-2-22-12-4-10-18-17(21)15-8-6-14(7-9-15)13-19-11-3-5-16(19)20/h6-9H,2-5,10-13H2,1H3,(H,18,21). The molecule has 1 aliphatic rings. The van der Waals surface area contributed by atoms with Gasteiger partial charge >= 0.3 is 0 Å². The Balaban J connectivity index is 1.78. The molecule has 0 aliphatic carbocycles. The van der Waals surface area contributed by atoms with Gasteiger partial charge < -0.3 is 15.0 Å². The van der Waals surface area contributed by atoms with E-state index in [2.05, 4.69) is 5.32 Å². The van der Waals surface area contributed by atoms with Gasteiger partial charge in [-0.25, -0.2) is 0 Å². The number of hydrogen-bond acceptors (Lipinski definition) is 3. The summed E-state index contributed by atoms with van der Waals surface area (Å²) in [4.78, 5) is 25.4. The molecule has 0 atom stereocenters. The third-order valence-electron chi connectivity index (χ3n) is 3.72. The fourth-order valence-corrected chi connectivity index (χ4v) is 2.48. The number of nitrogens with zero attached hydrogens (tertiary/aromatic N) is 1. The zero-order valence-corrected chi connectivity index (χ0v) is 13.1. The molecule has 0 radical (unpaired) electrons. The van der Waals surface area contributed by atoms with Crippen molar-refractivity contribution >= 4 is 11.8 Å². The molecule has 5 nitrogen and oxygen atoms in total. The minimum absolute atomic E-state index is 0.0692. The fourth-order valence-electron chi connectivity index (χ4n) is 2.48. The van der Waals surface area contributed by atoms with Crippen molar-refractivity contribution in [3.8, 4) is 0 Å². The van der Waals surface area contributed by atoms with Crippen molar-refractivity contribution in [2.24, 2.45) is 0 Å². The topological polar surface area (TPSA) is 58.6 Å². The van der Waals surface area contributed by atoms with Crippen molar-refractivity contribution in [3.63, 3.8) is 0 Å². The molecule has 22 heavy (non-hydrogen) atoms. The number of nitrogens with one attached hydrogen (secondary N) is 1. The second-order valence-electron chi connectivity index (χ2n) is 5.42. The summed E-state index contributed by atoms with van der Waals surface area (Å²) in [6.45, 7) is 5.41. The van der Waals surface area contributed by atoms with Crippen LogP contribution in [0.2, 0.25) is 0 Å². The van der Waals surface area contributed by atoms with E-state index >= 15 is 0 Å². The van der Waals surface area contributed by atoms with Crippen LogP contribution in [-0.2, 0) is 16.1 Å². The van der Waals surface area contributed by atoms with Crippen molar-refractivity contribution in [3.05, 3.63) is 35.4 Å². The monoisotopic (exact) mass is 304 g/mol. The Kier molecular flexibility index (Phi) is 6.40. The number of carbonyl (C=O) groups is 2. The molecule has 120 valence electrons. The van der Waals surface area contributed by atoms with Crippen molar-refractivity contribution in [1.29, 1.82) is 0 Å². The van der Waals surface area contributed by atoms with Crippen molar-refractivity contribution in [2.75, 3.05) is 26.3 Å². The summed E-state index contributed by atoms with van der Waals surface area (Å²) in [7, 11) is 0. The Labute approximate surface area is 131 Å². The Morgan fingerprint density at radius 2 is 2.09 bits per heavy atom. The maximum absolute atomic E-state index is 12.0. The highest BCUT2D eigenvalue weighted by atomic mass is 16.5. The van der Waals surface area contributed by atoms with Crippen molar-refractivity contribution in [2.45, 2.75) is 32.7 Å². The number of ether oxygens (including phenoxy) is 1. The summed E-state index contributed by atoms with van der Waals surface area (Å²) in [5.74, 6) is 0.149. The average molecular weight is 304 g/mol. The summed E-state index contributed by atoms with van der Waals surface area (Å²) < 4.78 is 5.23. The molecule has 0 saturated carbocycles. The lowest BCUT2D eigenvalue weighted by Crippen LogP contribution is -2.25. The number of carbonyl (C=O) groups excluding carboxylic acids is 2. The van der Waals surface area contributed by atoms with E-state index in [0.29, 0.717) is 38.3 Å². The highest BCUT2D eigenvalue weighted by molar-refractivity contribution is 5.94. The van der Waals surface area contributed by atoms with Gasteiger partial charge in [-0.15, -0.1) is 0 Å². The van der Waals surface area contributed by atoms with E-state index in [1.807, 2.05) is 36.1 Å². The molecule has 0 bridgehead atoms. The van der Waals surface area contributed by atoms with E-state index in [1.54, 1.807) is 0 Å². The molecular formula is C17H24N2O3. The zero-order valence-electron chi connectivity index (χ0n) is 13.1. The van der Waals surface area contributed by atoms with Crippen LogP contribution in [-0.4, -0.2) is 43.0 Å². The first-order valence-electron chi connectivity index (χ1n) is 7.93. The lowest BCUT2D eigenvalue weighted by Gasteiger charge is -2.15. The quantitative estimate of drug-likeness (QED) is 0.747. The van der Waals surface area contributed by atoms with Gasteiger partial charge in [-0.05, 0) is 37.5 Å². The minimum Gasteiger partial charge on any atom is -0.382 e. The molecule has 1 saturated heterocycles. The smallest absolute Gasteiger partial charge is 0.251 e. The lowest BCUT2D eigenvalue weighted by atomic mass is 10.1. The van der Waals surface area contributed by atoms with Gasteiger partial charge in [-0.1, -0.05) is 12.1 Å². The molecule has 0 unspecified atom stereocenters. The molecule has 0 aromatic heterocycles. The van der Waals surface area contributed by atoms with Crippen LogP contribution in [0.4, 0.5) is 0 Å². The van der Waals surface area contributed by atoms with Gasteiger partial charge in [0.05, 0.1) is 0 Å². The van der Waals surface area contributed by atoms with Gasteiger partial charge in [0.25, 0.3) is 5.91 Å². The minimum atomic E-state index is -0.0692. The van der Waals surface area contributed by atoms with Gasteiger partial charge in [-0.3, -0.25) is 9.59 Å². The van der Waals surface area contributed by atoms with E-state index in [9.17, 15) is 9.59 Å². The molecule has 1 heterocycles. The number of likely N-dealkylation sites (tertiary alicyclic amines) is 1. The van der Waals surface area contributed by atoms with E-state index in [0.717, 1.165) is 24.9 Å². The predicted molar refractivity (Wildman–Crippen MR) is 84.5 cm³/mol. The maximum Gasteiger partial charge on any atom is 0.251 e. The van der Waals surface area contributed by atoms with Gasteiger partial charge in [0.2, 0.25) is 5.91 Å². The molecule has 1 aromatic rings. The Hall–Kier alpha value is -1.88. The molecule has 0 spiro atoms. The summed E-state index contributed by atoms with van der Waals surface area (Å²) in [6, 6.07) is 7.46. The van der Waals surface area contributed by atoms with Crippen molar-refractivity contribution in [1.82, 2.24) is 10.2 Å². The largest absolute Gasteiger partial charge is 0.382 e. The fraction of sp³-hybridized carbons (Fsp3) is 0.529. The number of rotatable bonds is 8. The summed E-state index contributed by atoms with van der Waals surface area (Å²) in [5.41, 5.74) is 1.70. The van der Waals surface area contributed by atoms with Crippen LogP contribution in [0.3, 0.4) is 0 Å². The molecule has 2 amide bonds. The van der Waals surface area contributed by atoms with Gasteiger partial charge in [-0.2, -0.15) is 0 Å². The van der Waals surface area contributed by atoms with Crippen molar-refractivity contribution < 1.29 is 14.3 Å². The predicted octanol–water partition coefficient (Wildman–Crippen LogP) is 1.97. The molecule has 1 aliphatic heterocycles. The summed E-state index contributed by atoms with van der Waals surface area (Å²) >= 11 is 0. The number of hydrogen-bond donors (Lipinski definition) is 1. The van der Waals surface area contributed by atoms with Crippen LogP contribution in [0.5, 0.6) is 0 Å². The highest BCUT2D eigenvalue weighted by Crippen LogP contribution is 2.14. The maximum atomic E-state index is 12.0. The molecule has 1 aromatic carbocycles. The molecule has 1 N–H and O–H groups in total. The van der Waals surface area contributed by atoms with Gasteiger partial charge in [0, 0.05) is 44.8 Å². The third kappa shape index (κ3) is 4.84. The van der Waals surface area contributed by atoms with E-state index in [1.165, 1.54) is 0 Å². The molecule has 5 heteroatoms. The average Bonchev–Trinajstić information content (AvgIpc) is 2.93. The van der Waals surface area contributed by atoms with Crippen LogP contribution in [0.1, 0.15) is 42.1 Å². The molecule has 1 fully saturated rings. The van der Waals surface area contributed by atoms with E-state index in [4.69, 9.17) is 4.74 Å². The molecular weight excluding hydrogens is 280 g/mol. The Morgan fingerprint density at radius 3 is 2.73 bits per heavy atom. The second kappa shape index (κ2) is 8.54. The molecule has 2 rings (SSSR count). The van der Waals surface area contributed by atoms with Gasteiger partial charge in [0.1, 0.15) is 0 Å². The van der Waals surface area contributed by atoms with Gasteiger partial charge in [0.15, 0.2) is 0 Å². The van der Waals surface area contributed by atoms with E-state index < -0.39 is 0 Å².